The van der Waals surface area contributed by atoms with Crippen LogP contribution in [0.5, 0.6) is 0 Å². The minimum atomic E-state index is -4.46. The number of amides is 2. The standard InChI is InChI=1S/C38H38F3N5O3S/c1-25-24-50-36(43-25)33-13-8-16-46(33)37(49)29-19-28(20-31(21-29)45-14-5-6-15-45)35(48)44-32(18-26-9-3-2-4-10-26)34(47)23-42-22-27-11-7-12-30(17-27)38(39,40)41/h2-7,9-12,14-15,17,19-21,24,32-34,42,47H,8,13,16,18,22-23H2,1H3,(H,44,48)/t32-,33+,34+/m0/s1. The fourth-order valence-electron chi connectivity index (χ4n) is 6.25. The highest BCUT2D eigenvalue weighted by molar-refractivity contribution is 7.09. The Bertz CT molecular complexity index is 1910. The Hall–Kier alpha value is -4.78. The van der Waals surface area contributed by atoms with E-state index in [-0.39, 0.29) is 30.6 Å². The highest BCUT2D eigenvalue weighted by Gasteiger charge is 2.33. The molecule has 0 spiro atoms. The predicted molar refractivity (Wildman–Crippen MR) is 186 cm³/mol. The summed E-state index contributed by atoms with van der Waals surface area (Å²) in [5.41, 5.74) is 2.71. The second-order valence-electron chi connectivity index (χ2n) is 12.5. The van der Waals surface area contributed by atoms with Crippen molar-refractivity contribution in [3.8, 4) is 5.69 Å². The molecule has 0 unspecified atom stereocenters. The van der Waals surface area contributed by atoms with Crippen molar-refractivity contribution in [3.63, 3.8) is 0 Å². The van der Waals surface area contributed by atoms with Gasteiger partial charge in [0.2, 0.25) is 0 Å². The van der Waals surface area contributed by atoms with E-state index in [9.17, 15) is 27.9 Å². The van der Waals surface area contributed by atoms with Crippen molar-refractivity contribution in [1.29, 1.82) is 0 Å². The molecule has 8 nitrogen and oxygen atoms in total. The Kier molecular flexibility index (Phi) is 10.8. The van der Waals surface area contributed by atoms with Gasteiger partial charge in [0.15, 0.2) is 0 Å². The van der Waals surface area contributed by atoms with Gasteiger partial charge in [0.25, 0.3) is 11.8 Å². The summed E-state index contributed by atoms with van der Waals surface area (Å²) in [6, 6.07) is 22.3. The molecule has 3 N–H and O–H groups in total. The summed E-state index contributed by atoms with van der Waals surface area (Å²) in [7, 11) is 0. The molecule has 0 bridgehead atoms. The van der Waals surface area contributed by atoms with E-state index in [1.54, 1.807) is 35.6 Å². The molecule has 0 aliphatic carbocycles. The van der Waals surface area contributed by atoms with Crippen LogP contribution in [0.2, 0.25) is 0 Å². The van der Waals surface area contributed by atoms with Crippen molar-refractivity contribution in [2.75, 3.05) is 13.1 Å². The number of aromatic nitrogens is 2. The fourth-order valence-corrected chi connectivity index (χ4v) is 7.19. The van der Waals surface area contributed by atoms with Gasteiger partial charge in [-0.05, 0) is 73.7 Å². The number of hydrogen-bond acceptors (Lipinski definition) is 6. The summed E-state index contributed by atoms with van der Waals surface area (Å²) in [4.78, 5) is 34.5. The van der Waals surface area contributed by atoms with Crippen LogP contribution in [0, 0.1) is 6.92 Å². The SMILES string of the molecule is Cc1csc([C@H]2CCCN2C(=O)c2cc(C(=O)N[C@@H](Cc3ccccc3)[C@H](O)CNCc3cccc(C(F)(F)F)c3)cc(-n3cccc3)c2)n1. The summed E-state index contributed by atoms with van der Waals surface area (Å²) in [5, 5.41) is 20.2. The first-order valence-electron chi connectivity index (χ1n) is 16.5. The number of nitrogens with one attached hydrogen (secondary N) is 2. The second-order valence-corrected chi connectivity index (χ2v) is 13.4. The van der Waals surface area contributed by atoms with E-state index in [0.717, 1.165) is 41.2 Å². The minimum Gasteiger partial charge on any atom is -0.390 e. The summed E-state index contributed by atoms with van der Waals surface area (Å²) in [6.45, 7) is 2.61. The number of thiazole rings is 1. The number of nitrogens with zero attached hydrogens (tertiary/aromatic N) is 3. The number of carbonyl (C=O) groups is 2. The highest BCUT2D eigenvalue weighted by atomic mass is 32.1. The Labute approximate surface area is 292 Å². The Morgan fingerprint density at radius 1 is 0.980 bits per heavy atom. The normalized spacial score (nSPS) is 15.9. The molecule has 50 heavy (non-hydrogen) atoms. The second kappa shape index (κ2) is 15.4. The van der Waals surface area contributed by atoms with Gasteiger partial charge in [-0.3, -0.25) is 9.59 Å². The number of carbonyl (C=O) groups excluding carboxylic acids is 2. The highest BCUT2D eigenvalue weighted by Crippen LogP contribution is 2.35. The number of aliphatic hydroxyl groups is 1. The zero-order chi connectivity index (χ0) is 35.3. The number of aryl methyl sites for hydroxylation is 1. The largest absolute Gasteiger partial charge is 0.416 e. The molecule has 3 aromatic carbocycles. The quantitative estimate of drug-likeness (QED) is 0.134. The van der Waals surface area contributed by atoms with Crippen LogP contribution in [0.25, 0.3) is 5.69 Å². The number of benzene rings is 3. The number of rotatable bonds is 12. The minimum absolute atomic E-state index is 0.00769. The van der Waals surface area contributed by atoms with E-state index in [4.69, 9.17) is 0 Å². The molecule has 1 aliphatic heterocycles. The topological polar surface area (TPSA) is 99.5 Å². The van der Waals surface area contributed by atoms with Gasteiger partial charge in [0.1, 0.15) is 5.01 Å². The van der Waals surface area contributed by atoms with Crippen LogP contribution in [-0.2, 0) is 19.1 Å². The van der Waals surface area contributed by atoms with Gasteiger partial charge in [-0.1, -0.05) is 48.5 Å². The maximum absolute atomic E-state index is 14.1. The van der Waals surface area contributed by atoms with Crippen molar-refractivity contribution < 1.29 is 27.9 Å². The molecule has 0 saturated carbocycles. The van der Waals surface area contributed by atoms with Crippen LogP contribution < -0.4 is 10.6 Å². The number of hydrogen-bond donors (Lipinski definition) is 3. The van der Waals surface area contributed by atoms with Gasteiger partial charge in [0.05, 0.1) is 23.8 Å². The molecule has 12 heteroatoms. The molecule has 1 aliphatic rings. The van der Waals surface area contributed by atoms with Crippen molar-refractivity contribution >= 4 is 23.2 Å². The van der Waals surface area contributed by atoms with Crippen LogP contribution in [0.3, 0.4) is 0 Å². The lowest BCUT2D eigenvalue weighted by atomic mass is 9.99. The van der Waals surface area contributed by atoms with E-state index in [1.165, 1.54) is 6.07 Å². The average molecular weight is 702 g/mol. The zero-order valence-electron chi connectivity index (χ0n) is 27.4. The third-order valence-corrected chi connectivity index (χ3v) is 9.85. The van der Waals surface area contributed by atoms with Gasteiger partial charge >= 0.3 is 6.18 Å². The van der Waals surface area contributed by atoms with Crippen LogP contribution in [0.4, 0.5) is 13.2 Å². The Balaban J connectivity index is 1.23. The zero-order valence-corrected chi connectivity index (χ0v) is 28.3. The first-order valence-corrected chi connectivity index (χ1v) is 17.3. The molecular formula is C38H38F3N5O3S. The van der Waals surface area contributed by atoms with Crippen molar-refractivity contribution in [1.82, 2.24) is 25.1 Å². The molecular weight excluding hydrogens is 664 g/mol. The predicted octanol–water partition coefficient (Wildman–Crippen LogP) is 6.73. The van der Waals surface area contributed by atoms with Gasteiger partial charge in [0, 0.05) is 59.9 Å². The van der Waals surface area contributed by atoms with Crippen LogP contribution in [-0.4, -0.2) is 56.6 Å². The third kappa shape index (κ3) is 8.50. The molecule has 5 aromatic rings. The van der Waals surface area contributed by atoms with Crippen molar-refractivity contribution in [2.45, 2.75) is 57.1 Å². The number of halogens is 3. The molecule has 3 heterocycles. The summed E-state index contributed by atoms with van der Waals surface area (Å²) < 4.78 is 41.5. The molecule has 3 atom stereocenters. The molecule has 260 valence electrons. The smallest absolute Gasteiger partial charge is 0.390 e. The van der Waals surface area contributed by atoms with Crippen molar-refractivity contribution in [3.05, 3.63) is 141 Å². The maximum Gasteiger partial charge on any atom is 0.416 e. The van der Waals surface area contributed by atoms with E-state index in [2.05, 4.69) is 15.6 Å². The van der Waals surface area contributed by atoms with Crippen LogP contribution >= 0.6 is 11.3 Å². The van der Waals surface area contributed by atoms with Gasteiger partial charge < -0.3 is 25.2 Å². The van der Waals surface area contributed by atoms with E-state index >= 15 is 0 Å². The summed E-state index contributed by atoms with van der Waals surface area (Å²) in [6.07, 6.45) is 0.0712. The number of likely N-dealkylation sites (tertiary alicyclic amines) is 1. The lowest BCUT2D eigenvalue weighted by Gasteiger charge is -2.26. The molecule has 1 saturated heterocycles. The lowest BCUT2D eigenvalue weighted by molar-refractivity contribution is -0.137. The number of alkyl halides is 3. The van der Waals surface area contributed by atoms with Crippen LogP contribution in [0.15, 0.2) is 103 Å². The van der Waals surface area contributed by atoms with Crippen molar-refractivity contribution in [2.24, 2.45) is 0 Å². The van der Waals surface area contributed by atoms with E-state index < -0.39 is 29.8 Å². The molecule has 2 aromatic heterocycles. The molecule has 6 rings (SSSR count). The molecule has 0 radical (unpaired) electrons. The van der Waals surface area contributed by atoms with Crippen LogP contribution in [0.1, 0.15) is 67.0 Å². The molecule has 2 amide bonds. The third-order valence-electron chi connectivity index (χ3n) is 8.78. The molecule has 1 fully saturated rings. The Morgan fingerprint density at radius 2 is 1.72 bits per heavy atom. The number of aliphatic hydroxyl groups excluding tert-OH is 1. The lowest BCUT2D eigenvalue weighted by Crippen LogP contribution is -2.48. The van der Waals surface area contributed by atoms with E-state index in [0.29, 0.717) is 29.8 Å². The maximum atomic E-state index is 14.1. The van der Waals surface area contributed by atoms with Gasteiger partial charge in [-0.25, -0.2) is 4.98 Å². The van der Waals surface area contributed by atoms with Gasteiger partial charge in [-0.15, -0.1) is 11.3 Å². The van der Waals surface area contributed by atoms with E-state index in [1.807, 2.05) is 76.6 Å². The average Bonchev–Trinajstić information content (AvgIpc) is 3.90. The first-order chi connectivity index (χ1) is 24.0. The first kappa shape index (κ1) is 35.1. The Morgan fingerprint density at radius 3 is 2.44 bits per heavy atom. The summed E-state index contributed by atoms with van der Waals surface area (Å²) >= 11 is 1.54. The van der Waals surface area contributed by atoms with Gasteiger partial charge in [-0.2, -0.15) is 13.2 Å². The fraction of sp³-hybridized carbons (Fsp3) is 0.289. The monoisotopic (exact) mass is 701 g/mol. The summed E-state index contributed by atoms with van der Waals surface area (Å²) in [5.74, 6) is -0.664.